The predicted octanol–water partition coefficient (Wildman–Crippen LogP) is 2.75. The van der Waals surface area contributed by atoms with Crippen molar-refractivity contribution in [1.82, 2.24) is 15.2 Å². The highest BCUT2D eigenvalue weighted by Gasteiger charge is 2.17. The van der Waals surface area contributed by atoms with E-state index in [4.69, 9.17) is 0 Å². The Bertz CT molecular complexity index is 541. The van der Waals surface area contributed by atoms with Gasteiger partial charge >= 0.3 is 0 Å². The van der Waals surface area contributed by atoms with Crippen LogP contribution in [0.5, 0.6) is 0 Å². The number of pyridine rings is 1. The molecular weight excluding hydrogens is 260 g/mol. The van der Waals surface area contributed by atoms with Gasteiger partial charge in [0.25, 0.3) is 0 Å². The summed E-state index contributed by atoms with van der Waals surface area (Å²) in [5, 5.41) is 9.73. The molecule has 0 aliphatic heterocycles. The zero-order chi connectivity index (χ0) is 13.7. The summed E-state index contributed by atoms with van der Waals surface area (Å²) in [5.74, 6) is 0.0995. The first-order chi connectivity index (χ1) is 9.26. The van der Waals surface area contributed by atoms with Gasteiger partial charge in [0.1, 0.15) is 5.01 Å². The van der Waals surface area contributed by atoms with Crippen molar-refractivity contribution in [2.75, 3.05) is 11.4 Å². The minimum Gasteiger partial charge on any atom is -0.287 e. The van der Waals surface area contributed by atoms with Crippen LogP contribution >= 0.6 is 11.3 Å². The Morgan fingerprint density at radius 3 is 2.63 bits per heavy atom. The van der Waals surface area contributed by atoms with Crippen LogP contribution in [-0.2, 0) is 4.79 Å². The van der Waals surface area contributed by atoms with E-state index in [0.29, 0.717) is 18.1 Å². The van der Waals surface area contributed by atoms with Gasteiger partial charge in [0.05, 0.1) is 0 Å². The molecule has 0 aromatic carbocycles. The van der Waals surface area contributed by atoms with Crippen molar-refractivity contribution in [2.24, 2.45) is 0 Å². The maximum Gasteiger partial charge on any atom is 0.228 e. The number of aromatic nitrogens is 3. The second-order valence-electron chi connectivity index (χ2n) is 4.01. The van der Waals surface area contributed by atoms with E-state index in [1.54, 1.807) is 17.3 Å². The molecular formula is C13H16N4OS. The van der Waals surface area contributed by atoms with Gasteiger partial charge in [0.2, 0.25) is 11.0 Å². The number of rotatable bonds is 5. The number of carbonyl (C=O) groups excluding carboxylic acids is 1. The van der Waals surface area contributed by atoms with Crippen molar-refractivity contribution in [1.29, 1.82) is 0 Å². The minimum atomic E-state index is 0.0995. The molecule has 0 saturated carbocycles. The monoisotopic (exact) mass is 276 g/mol. The van der Waals surface area contributed by atoms with E-state index in [1.165, 1.54) is 11.3 Å². The second-order valence-corrected chi connectivity index (χ2v) is 4.97. The summed E-state index contributed by atoms with van der Waals surface area (Å²) in [6.07, 6.45) is 4.82. The van der Waals surface area contributed by atoms with Crippen LogP contribution in [0.25, 0.3) is 10.6 Å². The molecule has 0 aliphatic carbocycles. The Morgan fingerprint density at radius 1 is 1.26 bits per heavy atom. The van der Waals surface area contributed by atoms with Crippen LogP contribution < -0.4 is 4.90 Å². The van der Waals surface area contributed by atoms with Gasteiger partial charge in [-0.15, -0.1) is 10.2 Å². The Labute approximate surface area is 116 Å². The van der Waals surface area contributed by atoms with Crippen molar-refractivity contribution in [3.8, 4) is 10.6 Å². The lowest BCUT2D eigenvalue weighted by atomic mass is 10.3. The lowest BCUT2D eigenvalue weighted by Gasteiger charge is -2.16. The van der Waals surface area contributed by atoms with Gasteiger partial charge in [-0.1, -0.05) is 18.3 Å². The lowest BCUT2D eigenvalue weighted by molar-refractivity contribution is -0.118. The molecule has 0 bridgehead atoms. The average molecular weight is 276 g/mol. The normalized spacial score (nSPS) is 10.4. The van der Waals surface area contributed by atoms with Gasteiger partial charge in [-0.3, -0.25) is 14.7 Å². The zero-order valence-electron chi connectivity index (χ0n) is 11.0. The number of amides is 1. The summed E-state index contributed by atoms with van der Waals surface area (Å²) in [6, 6.07) is 3.77. The van der Waals surface area contributed by atoms with E-state index in [0.717, 1.165) is 17.0 Å². The first kappa shape index (κ1) is 13.6. The summed E-state index contributed by atoms with van der Waals surface area (Å²) in [7, 11) is 0. The minimum absolute atomic E-state index is 0.0995. The summed E-state index contributed by atoms with van der Waals surface area (Å²) in [5.41, 5.74) is 0.970. The molecule has 6 heteroatoms. The highest BCUT2D eigenvalue weighted by Crippen LogP contribution is 2.28. The molecule has 0 spiro atoms. The van der Waals surface area contributed by atoms with Gasteiger partial charge in [-0.05, 0) is 25.5 Å². The average Bonchev–Trinajstić information content (AvgIpc) is 2.90. The molecule has 0 atom stereocenters. The highest BCUT2D eigenvalue weighted by atomic mass is 32.1. The van der Waals surface area contributed by atoms with Gasteiger partial charge < -0.3 is 0 Å². The Balaban J connectivity index is 2.22. The summed E-state index contributed by atoms with van der Waals surface area (Å²) >= 11 is 1.43. The van der Waals surface area contributed by atoms with E-state index in [-0.39, 0.29) is 5.91 Å². The van der Waals surface area contributed by atoms with E-state index in [9.17, 15) is 4.79 Å². The molecule has 2 rings (SSSR count). The number of hydrogen-bond donors (Lipinski definition) is 0. The number of carbonyl (C=O) groups is 1. The summed E-state index contributed by atoms with van der Waals surface area (Å²) in [4.78, 5) is 17.6. The molecule has 1 amide bonds. The highest BCUT2D eigenvalue weighted by molar-refractivity contribution is 7.18. The van der Waals surface area contributed by atoms with Crippen LogP contribution in [0.1, 0.15) is 26.7 Å². The number of hydrogen-bond acceptors (Lipinski definition) is 5. The third-order valence-corrected chi connectivity index (χ3v) is 3.65. The van der Waals surface area contributed by atoms with Crippen molar-refractivity contribution in [2.45, 2.75) is 26.7 Å². The maximum atomic E-state index is 12.0. The van der Waals surface area contributed by atoms with Gasteiger partial charge in [-0.25, -0.2) is 0 Å². The second kappa shape index (κ2) is 6.38. The molecule has 0 saturated heterocycles. The predicted molar refractivity (Wildman–Crippen MR) is 76.1 cm³/mol. The SMILES string of the molecule is CCCC(=O)N(CC)c1nnc(-c2ccncc2)s1. The molecule has 0 fully saturated rings. The fourth-order valence-electron chi connectivity index (χ4n) is 1.70. The molecule has 2 heterocycles. The maximum absolute atomic E-state index is 12.0. The Hall–Kier alpha value is -1.82. The largest absolute Gasteiger partial charge is 0.287 e. The van der Waals surface area contributed by atoms with Crippen molar-refractivity contribution < 1.29 is 4.79 Å². The smallest absolute Gasteiger partial charge is 0.228 e. The molecule has 5 nitrogen and oxygen atoms in total. The molecule has 0 unspecified atom stereocenters. The van der Waals surface area contributed by atoms with E-state index in [1.807, 2.05) is 26.0 Å². The van der Waals surface area contributed by atoms with Crippen LogP contribution in [0, 0.1) is 0 Å². The first-order valence-electron chi connectivity index (χ1n) is 6.30. The van der Waals surface area contributed by atoms with Gasteiger partial charge in [0, 0.05) is 30.9 Å². The molecule has 100 valence electrons. The summed E-state index contributed by atoms with van der Waals surface area (Å²) < 4.78 is 0. The Kier molecular flexibility index (Phi) is 4.57. The number of anilines is 1. The third-order valence-electron chi connectivity index (χ3n) is 2.65. The van der Waals surface area contributed by atoms with Crippen molar-refractivity contribution in [3.05, 3.63) is 24.5 Å². The topological polar surface area (TPSA) is 59.0 Å². The van der Waals surface area contributed by atoms with E-state index >= 15 is 0 Å². The molecule has 2 aromatic rings. The quantitative estimate of drug-likeness (QED) is 0.842. The van der Waals surface area contributed by atoms with Crippen LogP contribution in [-0.4, -0.2) is 27.6 Å². The van der Waals surface area contributed by atoms with Crippen LogP contribution in [0.15, 0.2) is 24.5 Å². The van der Waals surface area contributed by atoms with E-state index in [2.05, 4.69) is 15.2 Å². The molecule has 19 heavy (non-hydrogen) atoms. The molecule has 0 aliphatic rings. The van der Waals surface area contributed by atoms with Crippen LogP contribution in [0.2, 0.25) is 0 Å². The fraction of sp³-hybridized carbons (Fsp3) is 0.385. The van der Waals surface area contributed by atoms with Crippen molar-refractivity contribution in [3.63, 3.8) is 0 Å². The van der Waals surface area contributed by atoms with Crippen molar-refractivity contribution >= 4 is 22.4 Å². The van der Waals surface area contributed by atoms with Crippen LogP contribution in [0.3, 0.4) is 0 Å². The fourth-order valence-corrected chi connectivity index (χ4v) is 2.63. The standard InChI is InChI=1S/C13H16N4OS/c1-3-5-11(18)17(4-2)13-16-15-12(19-13)10-6-8-14-9-7-10/h6-9H,3-5H2,1-2H3. The molecule has 2 aromatic heterocycles. The zero-order valence-corrected chi connectivity index (χ0v) is 11.9. The third kappa shape index (κ3) is 3.14. The van der Waals surface area contributed by atoms with Gasteiger partial charge in [0.15, 0.2) is 0 Å². The van der Waals surface area contributed by atoms with E-state index < -0.39 is 0 Å². The van der Waals surface area contributed by atoms with Crippen LogP contribution in [0.4, 0.5) is 5.13 Å². The molecule has 0 N–H and O–H groups in total. The lowest BCUT2D eigenvalue weighted by Crippen LogP contribution is -2.30. The first-order valence-corrected chi connectivity index (χ1v) is 7.12. The Morgan fingerprint density at radius 2 is 2.00 bits per heavy atom. The molecule has 0 radical (unpaired) electrons. The summed E-state index contributed by atoms with van der Waals surface area (Å²) in [6.45, 7) is 4.55. The van der Waals surface area contributed by atoms with Gasteiger partial charge in [-0.2, -0.15) is 0 Å². The number of nitrogens with zero attached hydrogens (tertiary/aromatic N) is 4.